The summed E-state index contributed by atoms with van der Waals surface area (Å²) in [5.41, 5.74) is 2.10. The number of morpholine rings is 1. The topological polar surface area (TPSA) is 68.2 Å². The molecule has 0 aliphatic carbocycles. The maximum absolute atomic E-state index is 12.4. The minimum Gasteiger partial charge on any atom is -0.375 e. The lowest BCUT2D eigenvalue weighted by atomic mass is 10.1. The van der Waals surface area contributed by atoms with Gasteiger partial charge in [-0.05, 0) is 37.0 Å². The Kier molecular flexibility index (Phi) is 5.85. The summed E-state index contributed by atoms with van der Waals surface area (Å²) in [4.78, 5) is 26.6. The number of carbonyl (C=O) groups is 1. The van der Waals surface area contributed by atoms with E-state index in [0.717, 1.165) is 30.5 Å². The third-order valence-electron chi connectivity index (χ3n) is 4.21. The number of hydrogen-bond acceptors (Lipinski definition) is 5. The van der Waals surface area contributed by atoms with Crippen molar-refractivity contribution in [3.63, 3.8) is 0 Å². The van der Waals surface area contributed by atoms with Crippen LogP contribution in [0.5, 0.6) is 0 Å². The average molecular weight is 326 g/mol. The molecule has 0 spiro atoms. The van der Waals surface area contributed by atoms with Gasteiger partial charge in [0, 0.05) is 43.8 Å². The molecule has 24 heavy (non-hydrogen) atoms. The molecule has 1 saturated heterocycles. The molecule has 126 valence electrons. The van der Waals surface area contributed by atoms with Crippen LogP contribution in [0.25, 0.3) is 0 Å². The molecule has 0 unspecified atom stereocenters. The molecule has 3 heterocycles. The van der Waals surface area contributed by atoms with Gasteiger partial charge in [-0.2, -0.15) is 0 Å². The van der Waals surface area contributed by atoms with Crippen molar-refractivity contribution in [1.82, 2.24) is 19.9 Å². The van der Waals surface area contributed by atoms with E-state index < -0.39 is 0 Å². The lowest BCUT2D eigenvalue weighted by molar-refractivity contribution is -0.138. The molecule has 2 aromatic rings. The summed E-state index contributed by atoms with van der Waals surface area (Å²) in [6.07, 6.45) is 9.90. The fourth-order valence-corrected chi connectivity index (χ4v) is 2.85. The Morgan fingerprint density at radius 2 is 2.21 bits per heavy atom. The Bertz CT molecular complexity index is 636. The van der Waals surface area contributed by atoms with Gasteiger partial charge in [0.25, 0.3) is 0 Å². The number of pyridine rings is 1. The highest BCUT2D eigenvalue weighted by atomic mass is 16.5. The maximum atomic E-state index is 12.4. The van der Waals surface area contributed by atoms with Crippen LogP contribution >= 0.6 is 0 Å². The summed E-state index contributed by atoms with van der Waals surface area (Å²) >= 11 is 0. The SMILES string of the molecule is O=C(CCc1cccnc1)N1CCO[C@@H](CCc2ccncn2)C1. The minimum absolute atomic E-state index is 0.0797. The Balaban J connectivity index is 1.45. The zero-order valence-electron chi connectivity index (χ0n) is 13.7. The summed E-state index contributed by atoms with van der Waals surface area (Å²) in [6, 6.07) is 5.82. The van der Waals surface area contributed by atoms with Crippen molar-refractivity contribution in [1.29, 1.82) is 0 Å². The van der Waals surface area contributed by atoms with E-state index in [4.69, 9.17) is 4.74 Å². The van der Waals surface area contributed by atoms with E-state index in [9.17, 15) is 4.79 Å². The van der Waals surface area contributed by atoms with Crippen molar-refractivity contribution in [3.05, 3.63) is 54.4 Å². The second-order valence-corrected chi connectivity index (χ2v) is 5.93. The molecular weight excluding hydrogens is 304 g/mol. The lowest BCUT2D eigenvalue weighted by Gasteiger charge is -2.33. The Morgan fingerprint density at radius 3 is 3.00 bits per heavy atom. The minimum atomic E-state index is 0.0797. The number of hydrogen-bond donors (Lipinski definition) is 0. The predicted molar refractivity (Wildman–Crippen MR) is 89.2 cm³/mol. The van der Waals surface area contributed by atoms with E-state index in [2.05, 4.69) is 15.0 Å². The van der Waals surface area contributed by atoms with E-state index in [0.29, 0.717) is 26.1 Å². The van der Waals surface area contributed by atoms with E-state index in [1.54, 1.807) is 18.7 Å². The summed E-state index contributed by atoms with van der Waals surface area (Å²) in [6.45, 7) is 1.94. The van der Waals surface area contributed by atoms with E-state index in [-0.39, 0.29) is 12.0 Å². The van der Waals surface area contributed by atoms with Crippen LogP contribution in [0, 0.1) is 0 Å². The molecule has 0 radical (unpaired) electrons. The van der Waals surface area contributed by atoms with Gasteiger partial charge in [-0.25, -0.2) is 9.97 Å². The quantitative estimate of drug-likeness (QED) is 0.807. The first-order valence-electron chi connectivity index (χ1n) is 8.34. The standard InChI is InChI=1S/C18H22N4O2/c23-18(6-3-15-2-1-8-19-12-15)22-10-11-24-17(13-22)5-4-16-7-9-20-14-21-16/h1-2,7-9,12,14,17H,3-6,10-11,13H2/t17-/m0/s1. The molecule has 1 fully saturated rings. The Morgan fingerprint density at radius 1 is 1.25 bits per heavy atom. The molecule has 0 aromatic carbocycles. The van der Waals surface area contributed by atoms with Gasteiger partial charge in [0.1, 0.15) is 6.33 Å². The van der Waals surface area contributed by atoms with Gasteiger partial charge in [0.15, 0.2) is 0 Å². The zero-order valence-corrected chi connectivity index (χ0v) is 13.7. The number of carbonyl (C=O) groups excluding carboxylic acids is 1. The van der Waals surface area contributed by atoms with Crippen molar-refractivity contribution >= 4 is 5.91 Å². The largest absolute Gasteiger partial charge is 0.375 e. The molecule has 3 rings (SSSR count). The van der Waals surface area contributed by atoms with Gasteiger partial charge in [-0.3, -0.25) is 9.78 Å². The number of aryl methyl sites for hydroxylation is 2. The van der Waals surface area contributed by atoms with Gasteiger partial charge < -0.3 is 9.64 Å². The van der Waals surface area contributed by atoms with Gasteiger partial charge in [0.2, 0.25) is 5.91 Å². The number of aromatic nitrogens is 3. The molecule has 6 heteroatoms. The van der Waals surface area contributed by atoms with Crippen molar-refractivity contribution in [2.75, 3.05) is 19.7 Å². The van der Waals surface area contributed by atoms with Crippen LogP contribution in [0.1, 0.15) is 24.1 Å². The summed E-state index contributed by atoms with van der Waals surface area (Å²) < 4.78 is 5.80. The van der Waals surface area contributed by atoms with Gasteiger partial charge >= 0.3 is 0 Å². The lowest BCUT2D eigenvalue weighted by Crippen LogP contribution is -2.45. The highest BCUT2D eigenvalue weighted by Gasteiger charge is 2.23. The number of amides is 1. The molecular formula is C18H22N4O2. The number of rotatable bonds is 6. The first-order chi connectivity index (χ1) is 11.8. The fourth-order valence-electron chi connectivity index (χ4n) is 2.85. The van der Waals surface area contributed by atoms with E-state index in [1.807, 2.05) is 29.3 Å². The highest BCUT2D eigenvalue weighted by molar-refractivity contribution is 5.76. The molecule has 1 aliphatic rings. The molecule has 0 saturated carbocycles. The number of nitrogens with zero attached hydrogens (tertiary/aromatic N) is 4. The second kappa shape index (κ2) is 8.49. The monoisotopic (exact) mass is 326 g/mol. The smallest absolute Gasteiger partial charge is 0.223 e. The number of ether oxygens (including phenoxy) is 1. The van der Waals surface area contributed by atoms with Gasteiger partial charge in [0.05, 0.1) is 12.7 Å². The molecule has 6 nitrogen and oxygen atoms in total. The van der Waals surface area contributed by atoms with Crippen LogP contribution in [-0.4, -0.2) is 51.6 Å². The first-order valence-corrected chi connectivity index (χ1v) is 8.34. The van der Waals surface area contributed by atoms with Crippen molar-refractivity contribution in [2.45, 2.75) is 31.8 Å². The normalized spacial score (nSPS) is 17.7. The molecule has 1 atom stereocenters. The zero-order chi connectivity index (χ0) is 16.6. The van der Waals surface area contributed by atoms with E-state index in [1.165, 1.54) is 0 Å². The fraction of sp³-hybridized carbons (Fsp3) is 0.444. The summed E-state index contributed by atoms with van der Waals surface area (Å²) in [5, 5.41) is 0. The van der Waals surface area contributed by atoms with Crippen LogP contribution in [0.4, 0.5) is 0 Å². The van der Waals surface area contributed by atoms with Crippen LogP contribution in [0.2, 0.25) is 0 Å². The first kappa shape index (κ1) is 16.5. The van der Waals surface area contributed by atoms with Gasteiger partial charge in [-0.1, -0.05) is 6.07 Å². The van der Waals surface area contributed by atoms with Crippen molar-refractivity contribution < 1.29 is 9.53 Å². The van der Waals surface area contributed by atoms with Crippen LogP contribution in [0.3, 0.4) is 0 Å². The van der Waals surface area contributed by atoms with Crippen LogP contribution in [-0.2, 0) is 22.4 Å². The summed E-state index contributed by atoms with van der Waals surface area (Å²) in [7, 11) is 0. The van der Waals surface area contributed by atoms with E-state index >= 15 is 0 Å². The molecule has 1 aliphatic heterocycles. The Hall–Kier alpha value is -2.34. The van der Waals surface area contributed by atoms with Crippen molar-refractivity contribution in [3.8, 4) is 0 Å². The third-order valence-corrected chi connectivity index (χ3v) is 4.21. The molecule has 0 bridgehead atoms. The van der Waals surface area contributed by atoms with Crippen molar-refractivity contribution in [2.24, 2.45) is 0 Å². The molecule has 2 aromatic heterocycles. The Labute approximate surface area is 141 Å². The third kappa shape index (κ3) is 4.83. The summed E-state index contributed by atoms with van der Waals surface area (Å²) in [5.74, 6) is 0.189. The van der Waals surface area contributed by atoms with Crippen LogP contribution < -0.4 is 0 Å². The van der Waals surface area contributed by atoms with Crippen LogP contribution in [0.15, 0.2) is 43.1 Å². The van der Waals surface area contributed by atoms with Gasteiger partial charge in [-0.15, -0.1) is 0 Å². The second-order valence-electron chi connectivity index (χ2n) is 5.93. The molecule has 1 amide bonds. The maximum Gasteiger partial charge on any atom is 0.223 e. The molecule has 0 N–H and O–H groups in total. The average Bonchev–Trinajstić information content (AvgIpc) is 2.66. The highest BCUT2D eigenvalue weighted by Crippen LogP contribution is 2.13. The predicted octanol–water partition coefficient (Wildman–Crippen LogP) is 1.66.